The van der Waals surface area contributed by atoms with E-state index in [1.54, 1.807) is 7.05 Å². The minimum absolute atomic E-state index is 0.0255. The van der Waals surface area contributed by atoms with Crippen LogP contribution in [-0.2, 0) is 9.59 Å². The first-order valence-electron chi connectivity index (χ1n) is 7.78. The highest BCUT2D eigenvalue weighted by Crippen LogP contribution is 2.32. The van der Waals surface area contributed by atoms with E-state index in [0.29, 0.717) is 18.6 Å². The van der Waals surface area contributed by atoms with Gasteiger partial charge < -0.3 is 4.90 Å². The van der Waals surface area contributed by atoms with Gasteiger partial charge in [-0.3, -0.25) is 9.59 Å². The summed E-state index contributed by atoms with van der Waals surface area (Å²) >= 11 is 0. The summed E-state index contributed by atoms with van der Waals surface area (Å²) in [6, 6.07) is 8.49. The fourth-order valence-electron chi connectivity index (χ4n) is 3.13. The highest BCUT2D eigenvalue weighted by atomic mass is 16.2. The first-order valence-corrected chi connectivity index (χ1v) is 7.78. The average molecular weight is 299 g/mol. The van der Waals surface area contributed by atoms with Gasteiger partial charge in [0, 0.05) is 26.4 Å². The molecule has 2 aliphatic rings. The Morgan fingerprint density at radius 1 is 1.23 bits per heavy atom. The summed E-state index contributed by atoms with van der Waals surface area (Å²) < 4.78 is 0. The van der Waals surface area contributed by atoms with Gasteiger partial charge in [-0.25, -0.2) is 5.01 Å². The number of rotatable bonds is 2. The van der Waals surface area contributed by atoms with Crippen molar-refractivity contribution in [1.82, 2.24) is 9.91 Å². The van der Waals surface area contributed by atoms with Gasteiger partial charge in [0.25, 0.3) is 5.91 Å². The minimum Gasteiger partial charge on any atom is -0.331 e. The maximum atomic E-state index is 12.8. The normalized spacial score (nSPS) is 22.0. The zero-order chi connectivity index (χ0) is 15.7. The predicted octanol–water partition coefficient (Wildman–Crippen LogP) is 2.27. The van der Waals surface area contributed by atoms with Crippen LogP contribution < -0.4 is 0 Å². The lowest BCUT2D eigenvalue weighted by Gasteiger charge is -2.27. The molecule has 3 rings (SSSR count). The van der Waals surface area contributed by atoms with Crippen molar-refractivity contribution in [3.8, 4) is 0 Å². The van der Waals surface area contributed by atoms with E-state index >= 15 is 0 Å². The molecule has 0 N–H and O–H groups in total. The number of hydrogen-bond donors (Lipinski definition) is 0. The molecular formula is C17H21N3O2. The molecule has 1 saturated heterocycles. The number of carbonyl (C=O) groups excluding carboxylic acids is 2. The molecule has 0 aliphatic carbocycles. The van der Waals surface area contributed by atoms with Gasteiger partial charge in [0.2, 0.25) is 5.91 Å². The summed E-state index contributed by atoms with van der Waals surface area (Å²) in [5.74, 6) is -0.0597. The third kappa shape index (κ3) is 2.75. The number of likely N-dealkylation sites (tertiary alicyclic amines) is 1. The Kier molecular flexibility index (Phi) is 3.96. The van der Waals surface area contributed by atoms with Crippen molar-refractivity contribution in [1.29, 1.82) is 0 Å². The summed E-state index contributed by atoms with van der Waals surface area (Å²) in [6.45, 7) is 2.82. The van der Waals surface area contributed by atoms with E-state index in [9.17, 15) is 9.59 Å². The van der Waals surface area contributed by atoms with Crippen molar-refractivity contribution in [3.05, 3.63) is 35.4 Å². The van der Waals surface area contributed by atoms with Crippen LogP contribution in [-0.4, -0.2) is 41.0 Å². The largest absolute Gasteiger partial charge is 0.331 e. The molecule has 1 aromatic rings. The van der Waals surface area contributed by atoms with Crippen LogP contribution in [0.4, 0.5) is 0 Å². The van der Waals surface area contributed by atoms with Crippen LogP contribution in [0.5, 0.6) is 0 Å². The Morgan fingerprint density at radius 2 is 1.95 bits per heavy atom. The highest BCUT2D eigenvalue weighted by Gasteiger charge is 2.33. The molecule has 0 unspecified atom stereocenters. The van der Waals surface area contributed by atoms with Crippen molar-refractivity contribution in [2.45, 2.75) is 38.6 Å². The molecule has 5 nitrogen and oxygen atoms in total. The Bertz CT molecular complexity index is 621. The number of carbonyl (C=O) groups is 2. The average Bonchev–Trinajstić information content (AvgIpc) is 2.99. The maximum Gasteiger partial charge on any atom is 0.270 e. The van der Waals surface area contributed by atoms with Crippen molar-refractivity contribution in [2.24, 2.45) is 5.10 Å². The number of aryl methyl sites for hydroxylation is 1. The van der Waals surface area contributed by atoms with Gasteiger partial charge in [0.05, 0.1) is 6.04 Å². The third-order valence-corrected chi connectivity index (χ3v) is 4.43. The molecule has 1 fully saturated rings. The van der Waals surface area contributed by atoms with E-state index in [-0.39, 0.29) is 17.9 Å². The molecule has 2 heterocycles. The molecule has 0 spiro atoms. The molecule has 1 atom stereocenters. The summed E-state index contributed by atoms with van der Waals surface area (Å²) in [4.78, 5) is 26.2. The second-order valence-electron chi connectivity index (χ2n) is 6.03. The van der Waals surface area contributed by atoms with Gasteiger partial charge in [-0.15, -0.1) is 0 Å². The second kappa shape index (κ2) is 5.91. The molecule has 22 heavy (non-hydrogen) atoms. The number of hydrazone groups is 1. The second-order valence-corrected chi connectivity index (χ2v) is 6.03. The van der Waals surface area contributed by atoms with E-state index in [1.165, 1.54) is 16.1 Å². The van der Waals surface area contributed by atoms with Crippen molar-refractivity contribution < 1.29 is 9.59 Å². The van der Waals surface area contributed by atoms with Crippen LogP contribution in [0, 0.1) is 6.92 Å². The zero-order valence-corrected chi connectivity index (χ0v) is 13.1. The maximum absolute atomic E-state index is 12.8. The van der Waals surface area contributed by atoms with Gasteiger partial charge >= 0.3 is 0 Å². The molecule has 5 heteroatoms. The van der Waals surface area contributed by atoms with Crippen LogP contribution in [0.15, 0.2) is 29.4 Å². The molecule has 2 aliphatic heterocycles. The Hall–Kier alpha value is -2.17. The molecule has 1 aromatic carbocycles. The van der Waals surface area contributed by atoms with Crippen LogP contribution >= 0.6 is 0 Å². The lowest BCUT2D eigenvalue weighted by molar-refractivity contribution is -0.130. The van der Waals surface area contributed by atoms with E-state index in [2.05, 4.69) is 36.3 Å². The topological polar surface area (TPSA) is 53.0 Å². The van der Waals surface area contributed by atoms with Crippen LogP contribution in [0.1, 0.15) is 42.9 Å². The predicted molar refractivity (Wildman–Crippen MR) is 84.3 cm³/mol. The van der Waals surface area contributed by atoms with E-state index < -0.39 is 0 Å². The standard InChI is InChI=1S/C17H21N3O2/c1-12-5-7-13(8-6-12)15-4-3-11-20(15)17(22)14-9-10-16(21)19(2)18-14/h5-8,15H,3-4,9-11H2,1-2H3/t15-/m1/s1. The summed E-state index contributed by atoms with van der Waals surface area (Å²) in [5, 5.41) is 5.44. The van der Waals surface area contributed by atoms with Crippen LogP contribution in [0.25, 0.3) is 0 Å². The first-order chi connectivity index (χ1) is 10.6. The van der Waals surface area contributed by atoms with Crippen LogP contribution in [0.3, 0.4) is 0 Å². The van der Waals surface area contributed by atoms with Crippen LogP contribution in [0.2, 0.25) is 0 Å². The van der Waals surface area contributed by atoms with Crippen molar-refractivity contribution >= 4 is 17.5 Å². The van der Waals surface area contributed by atoms with Gasteiger partial charge in [0.15, 0.2) is 0 Å². The monoisotopic (exact) mass is 299 g/mol. The SMILES string of the molecule is Cc1ccc([C@H]2CCCN2C(=O)C2=NN(C)C(=O)CC2)cc1. The van der Waals surface area contributed by atoms with Crippen molar-refractivity contribution in [2.75, 3.05) is 13.6 Å². The Labute approximate surface area is 130 Å². The molecule has 116 valence electrons. The number of nitrogens with zero attached hydrogens (tertiary/aromatic N) is 3. The summed E-state index contributed by atoms with van der Waals surface area (Å²) in [5.41, 5.74) is 2.90. The first kappa shape index (κ1) is 14.8. The molecule has 0 radical (unpaired) electrons. The van der Waals surface area contributed by atoms with Gasteiger partial charge in [-0.05, 0) is 25.3 Å². The van der Waals surface area contributed by atoms with E-state index in [1.807, 2.05) is 4.90 Å². The van der Waals surface area contributed by atoms with E-state index in [0.717, 1.165) is 19.4 Å². The smallest absolute Gasteiger partial charge is 0.270 e. The number of hydrogen-bond acceptors (Lipinski definition) is 3. The Morgan fingerprint density at radius 3 is 2.64 bits per heavy atom. The quantitative estimate of drug-likeness (QED) is 0.841. The molecular weight excluding hydrogens is 278 g/mol. The highest BCUT2D eigenvalue weighted by molar-refractivity contribution is 6.39. The fraction of sp³-hybridized carbons (Fsp3) is 0.471. The number of benzene rings is 1. The van der Waals surface area contributed by atoms with Gasteiger partial charge in [-0.1, -0.05) is 29.8 Å². The minimum atomic E-state index is -0.0342. The molecule has 2 amide bonds. The summed E-state index contributed by atoms with van der Waals surface area (Å²) in [6.07, 6.45) is 2.80. The van der Waals surface area contributed by atoms with Gasteiger partial charge in [-0.2, -0.15) is 5.10 Å². The third-order valence-electron chi connectivity index (χ3n) is 4.43. The lowest BCUT2D eigenvalue weighted by Crippen LogP contribution is -2.40. The summed E-state index contributed by atoms with van der Waals surface area (Å²) in [7, 11) is 1.61. The molecule has 0 bridgehead atoms. The van der Waals surface area contributed by atoms with Gasteiger partial charge in [0.1, 0.15) is 5.71 Å². The molecule has 0 aromatic heterocycles. The Balaban J connectivity index is 1.81. The zero-order valence-electron chi connectivity index (χ0n) is 13.1. The number of amides is 2. The van der Waals surface area contributed by atoms with Crippen molar-refractivity contribution in [3.63, 3.8) is 0 Å². The molecule has 0 saturated carbocycles. The fourth-order valence-corrected chi connectivity index (χ4v) is 3.13. The van der Waals surface area contributed by atoms with E-state index in [4.69, 9.17) is 0 Å². The lowest BCUT2D eigenvalue weighted by atomic mass is 10.0.